The number of aliphatic hydroxyl groups excluding tert-OH is 4. The molecular weight excluding hydrogens is 404 g/mol. The van der Waals surface area contributed by atoms with Crippen molar-refractivity contribution in [2.75, 3.05) is 13.7 Å². The Morgan fingerprint density at radius 3 is 2.28 bits per heavy atom. The van der Waals surface area contributed by atoms with Gasteiger partial charge in [-0.05, 0) is 35.4 Å². The number of benzene rings is 2. The average molecular weight is 425 g/mol. The quantitative estimate of drug-likeness (QED) is 0.523. The van der Waals surface area contributed by atoms with Gasteiger partial charge in [-0.25, -0.2) is 4.79 Å². The highest BCUT2D eigenvalue weighted by molar-refractivity contribution is 6.32. The van der Waals surface area contributed by atoms with E-state index in [1.165, 1.54) is 7.11 Å². The molecular formula is C20H21ClO8. The molecule has 1 aliphatic rings. The molecule has 4 N–H and O–H groups in total. The van der Waals surface area contributed by atoms with Crippen molar-refractivity contribution in [1.82, 2.24) is 0 Å². The zero-order chi connectivity index (χ0) is 21.1. The molecule has 0 radical (unpaired) electrons. The SMILES string of the molecule is COC(=O)c1ccc(-c2ccc(O[C@H]3O[C@H](CO)[C@@H](O)[C@H](O)[C@@H]3O)c(Cl)c2)cc1. The minimum Gasteiger partial charge on any atom is -0.465 e. The second-order valence-electron chi connectivity index (χ2n) is 6.53. The number of hydrogen-bond donors (Lipinski definition) is 4. The van der Waals surface area contributed by atoms with Gasteiger partial charge >= 0.3 is 5.97 Å². The zero-order valence-electron chi connectivity index (χ0n) is 15.4. The number of hydrogen-bond acceptors (Lipinski definition) is 8. The van der Waals surface area contributed by atoms with Gasteiger partial charge in [0, 0.05) is 0 Å². The fourth-order valence-corrected chi connectivity index (χ4v) is 3.21. The summed E-state index contributed by atoms with van der Waals surface area (Å²) in [5.41, 5.74) is 1.98. The number of rotatable bonds is 5. The Hall–Kier alpha value is -2.20. The van der Waals surface area contributed by atoms with Crippen molar-refractivity contribution >= 4 is 17.6 Å². The van der Waals surface area contributed by atoms with E-state index in [1.807, 2.05) is 0 Å². The molecule has 29 heavy (non-hydrogen) atoms. The van der Waals surface area contributed by atoms with Crippen molar-refractivity contribution in [3.63, 3.8) is 0 Å². The topological polar surface area (TPSA) is 126 Å². The number of ether oxygens (including phenoxy) is 3. The monoisotopic (exact) mass is 424 g/mol. The standard InChI is InChI=1S/C20H21ClO8/c1-27-19(26)11-4-2-10(3-5-11)12-6-7-14(13(21)8-12)28-20-18(25)17(24)16(23)15(9-22)29-20/h2-8,15-18,20,22-25H,9H2,1H3/t15-,16-,17+,18+,20+/m1/s1. The van der Waals surface area contributed by atoms with E-state index >= 15 is 0 Å². The normalized spacial score (nSPS) is 26.8. The van der Waals surface area contributed by atoms with Gasteiger partial charge in [0.05, 0.1) is 24.3 Å². The lowest BCUT2D eigenvalue weighted by Gasteiger charge is -2.39. The van der Waals surface area contributed by atoms with Crippen LogP contribution in [-0.4, -0.2) is 70.8 Å². The van der Waals surface area contributed by atoms with E-state index in [4.69, 9.17) is 21.1 Å². The largest absolute Gasteiger partial charge is 0.465 e. The molecule has 0 saturated carbocycles. The first kappa shape index (κ1) is 21.5. The third-order valence-electron chi connectivity index (χ3n) is 4.66. The number of carbonyl (C=O) groups is 1. The molecule has 0 aliphatic carbocycles. The number of halogens is 1. The van der Waals surface area contributed by atoms with Crippen molar-refractivity contribution in [3.05, 3.63) is 53.1 Å². The van der Waals surface area contributed by atoms with E-state index in [9.17, 15) is 25.2 Å². The van der Waals surface area contributed by atoms with E-state index in [0.717, 1.165) is 11.1 Å². The van der Waals surface area contributed by atoms with Crippen LogP contribution in [0.5, 0.6) is 5.75 Å². The first-order valence-electron chi connectivity index (χ1n) is 8.81. The van der Waals surface area contributed by atoms with Gasteiger partial charge in [-0.3, -0.25) is 0 Å². The van der Waals surface area contributed by atoms with Crippen molar-refractivity contribution in [2.45, 2.75) is 30.7 Å². The van der Waals surface area contributed by atoms with Gasteiger partial charge in [-0.2, -0.15) is 0 Å². The number of methoxy groups -OCH3 is 1. The molecule has 2 aromatic rings. The molecule has 9 heteroatoms. The van der Waals surface area contributed by atoms with Crippen LogP contribution >= 0.6 is 11.6 Å². The molecule has 8 nitrogen and oxygen atoms in total. The first-order chi connectivity index (χ1) is 13.8. The van der Waals surface area contributed by atoms with E-state index in [2.05, 4.69) is 4.74 Å². The highest BCUT2D eigenvalue weighted by Gasteiger charge is 2.44. The number of carbonyl (C=O) groups excluding carboxylic acids is 1. The predicted octanol–water partition coefficient (Wildman–Crippen LogP) is 0.972. The van der Waals surface area contributed by atoms with Gasteiger partial charge in [0.1, 0.15) is 30.2 Å². The second kappa shape index (κ2) is 9.08. The zero-order valence-corrected chi connectivity index (χ0v) is 16.2. The number of aliphatic hydroxyl groups is 4. The smallest absolute Gasteiger partial charge is 0.337 e. The molecule has 0 bridgehead atoms. The van der Waals surface area contributed by atoms with Crippen LogP contribution in [-0.2, 0) is 9.47 Å². The van der Waals surface area contributed by atoms with Gasteiger partial charge in [0.25, 0.3) is 0 Å². The molecule has 1 fully saturated rings. The Morgan fingerprint density at radius 2 is 1.69 bits per heavy atom. The van der Waals surface area contributed by atoms with E-state index < -0.39 is 43.3 Å². The van der Waals surface area contributed by atoms with Crippen LogP contribution in [0.1, 0.15) is 10.4 Å². The summed E-state index contributed by atoms with van der Waals surface area (Å²) < 4.78 is 15.5. The van der Waals surface area contributed by atoms with Crippen LogP contribution in [0.2, 0.25) is 5.02 Å². The lowest BCUT2D eigenvalue weighted by atomic mass is 9.99. The van der Waals surface area contributed by atoms with Crippen LogP contribution in [0.25, 0.3) is 11.1 Å². The lowest BCUT2D eigenvalue weighted by molar-refractivity contribution is -0.277. The summed E-state index contributed by atoms with van der Waals surface area (Å²) in [6, 6.07) is 11.7. The molecule has 5 atom stereocenters. The molecule has 0 amide bonds. The maximum Gasteiger partial charge on any atom is 0.337 e. The Kier molecular flexibility index (Phi) is 6.74. The van der Waals surface area contributed by atoms with Crippen molar-refractivity contribution in [1.29, 1.82) is 0 Å². The third-order valence-corrected chi connectivity index (χ3v) is 4.96. The van der Waals surface area contributed by atoms with Crippen LogP contribution in [0.15, 0.2) is 42.5 Å². The lowest BCUT2D eigenvalue weighted by Crippen LogP contribution is -2.60. The minimum absolute atomic E-state index is 0.186. The van der Waals surface area contributed by atoms with Gasteiger partial charge < -0.3 is 34.6 Å². The first-order valence-corrected chi connectivity index (χ1v) is 9.19. The summed E-state index contributed by atoms with van der Waals surface area (Å²) in [7, 11) is 1.31. The van der Waals surface area contributed by atoms with E-state index in [0.29, 0.717) is 5.56 Å². The Morgan fingerprint density at radius 1 is 1.03 bits per heavy atom. The maximum absolute atomic E-state index is 11.5. The molecule has 1 aliphatic heterocycles. The molecule has 0 aromatic heterocycles. The molecule has 3 rings (SSSR count). The summed E-state index contributed by atoms with van der Waals surface area (Å²) in [6.45, 7) is -0.557. The molecule has 1 heterocycles. The third kappa shape index (κ3) is 4.53. The van der Waals surface area contributed by atoms with Crippen LogP contribution in [0, 0.1) is 0 Å². The molecule has 156 valence electrons. The summed E-state index contributed by atoms with van der Waals surface area (Å²) in [5, 5.41) is 39.2. The second-order valence-corrected chi connectivity index (χ2v) is 6.94. The van der Waals surface area contributed by atoms with Crippen LogP contribution in [0.3, 0.4) is 0 Å². The molecule has 0 spiro atoms. The molecule has 0 unspecified atom stereocenters. The maximum atomic E-state index is 11.5. The summed E-state index contributed by atoms with van der Waals surface area (Å²) in [6.07, 6.45) is -6.95. The van der Waals surface area contributed by atoms with Gasteiger partial charge in [-0.1, -0.05) is 29.8 Å². The van der Waals surface area contributed by atoms with Gasteiger partial charge in [-0.15, -0.1) is 0 Å². The molecule has 2 aromatic carbocycles. The van der Waals surface area contributed by atoms with E-state index in [-0.39, 0.29) is 10.8 Å². The van der Waals surface area contributed by atoms with Gasteiger partial charge in [0.15, 0.2) is 0 Å². The fourth-order valence-electron chi connectivity index (χ4n) is 2.98. The Bertz CT molecular complexity index is 854. The average Bonchev–Trinajstić information content (AvgIpc) is 2.74. The minimum atomic E-state index is -1.54. The summed E-state index contributed by atoms with van der Waals surface area (Å²) in [4.78, 5) is 11.5. The highest BCUT2D eigenvalue weighted by atomic mass is 35.5. The highest BCUT2D eigenvalue weighted by Crippen LogP contribution is 2.33. The number of esters is 1. The fraction of sp³-hybridized carbons (Fsp3) is 0.350. The van der Waals surface area contributed by atoms with Crippen LogP contribution < -0.4 is 4.74 Å². The van der Waals surface area contributed by atoms with Crippen molar-refractivity contribution in [3.8, 4) is 16.9 Å². The van der Waals surface area contributed by atoms with Crippen molar-refractivity contribution in [2.24, 2.45) is 0 Å². The van der Waals surface area contributed by atoms with Crippen molar-refractivity contribution < 1.29 is 39.4 Å². The Balaban J connectivity index is 1.77. The Labute approximate surface area is 171 Å². The summed E-state index contributed by atoms with van der Waals surface area (Å²) in [5.74, 6) is -0.246. The van der Waals surface area contributed by atoms with Gasteiger partial charge in [0.2, 0.25) is 6.29 Å². The predicted molar refractivity (Wildman–Crippen MR) is 103 cm³/mol. The molecule has 1 saturated heterocycles. The summed E-state index contributed by atoms with van der Waals surface area (Å²) >= 11 is 6.29. The van der Waals surface area contributed by atoms with E-state index in [1.54, 1.807) is 42.5 Å². The van der Waals surface area contributed by atoms with Crippen LogP contribution in [0.4, 0.5) is 0 Å².